The van der Waals surface area contributed by atoms with Crippen molar-refractivity contribution in [3.8, 4) is 0 Å². The summed E-state index contributed by atoms with van der Waals surface area (Å²) in [5.74, 6) is -1.00. The predicted molar refractivity (Wildman–Crippen MR) is 80.6 cm³/mol. The highest BCUT2D eigenvalue weighted by atomic mass is 16.6. The van der Waals surface area contributed by atoms with Crippen molar-refractivity contribution in [3.05, 3.63) is 23.3 Å². The van der Waals surface area contributed by atoms with Crippen LogP contribution < -0.4 is 0 Å². The summed E-state index contributed by atoms with van der Waals surface area (Å²) in [4.78, 5) is 24.7. The maximum Gasteiger partial charge on any atom is 0.330 e. The highest BCUT2D eigenvalue weighted by Gasteiger charge is 2.77. The number of cyclic esters (lactones) is 2. The second-order valence-corrected chi connectivity index (χ2v) is 7.74. The van der Waals surface area contributed by atoms with Crippen LogP contribution in [0.25, 0.3) is 0 Å². The lowest BCUT2D eigenvalue weighted by atomic mass is 9.40. The lowest BCUT2D eigenvalue weighted by Crippen LogP contribution is -2.78. The fraction of sp³-hybridized carbons (Fsp3) is 0.667. The molecule has 6 nitrogen and oxygen atoms in total. The van der Waals surface area contributed by atoms with Crippen molar-refractivity contribution in [2.45, 2.75) is 38.6 Å². The first kappa shape index (κ1) is 14.7. The van der Waals surface area contributed by atoms with Gasteiger partial charge >= 0.3 is 11.9 Å². The maximum absolute atomic E-state index is 13.0. The molecule has 4 heterocycles. The van der Waals surface area contributed by atoms with E-state index in [1.807, 2.05) is 19.9 Å². The zero-order valence-corrected chi connectivity index (χ0v) is 13.7. The summed E-state index contributed by atoms with van der Waals surface area (Å²) in [6.45, 7) is 4.24. The minimum absolute atomic E-state index is 0.0573. The van der Waals surface area contributed by atoms with Gasteiger partial charge in [-0.25, -0.2) is 4.79 Å². The molecule has 128 valence electrons. The van der Waals surface area contributed by atoms with E-state index in [1.165, 1.54) is 6.08 Å². The second-order valence-electron chi connectivity index (χ2n) is 7.74. The summed E-state index contributed by atoms with van der Waals surface area (Å²) in [6.07, 6.45) is 2.51. The molecule has 0 amide bonds. The third-order valence-electron chi connectivity index (χ3n) is 6.94. The van der Waals surface area contributed by atoms with Gasteiger partial charge in [0.15, 0.2) is 0 Å². The Bertz CT molecular complexity index is 723. The molecule has 2 saturated heterocycles. The number of fused-ring (bicyclic) bond motifs is 1. The van der Waals surface area contributed by atoms with Gasteiger partial charge in [0.2, 0.25) is 0 Å². The lowest BCUT2D eigenvalue weighted by molar-refractivity contribution is -0.290. The van der Waals surface area contributed by atoms with Gasteiger partial charge in [-0.15, -0.1) is 0 Å². The molecule has 0 aromatic carbocycles. The number of hydrogen-bond donors (Lipinski definition) is 1. The van der Waals surface area contributed by atoms with Gasteiger partial charge < -0.3 is 19.3 Å². The van der Waals surface area contributed by atoms with E-state index in [2.05, 4.69) is 0 Å². The van der Waals surface area contributed by atoms with Crippen LogP contribution in [-0.4, -0.2) is 48.6 Å². The van der Waals surface area contributed by atoms with Gasteiger partial charge in [0.25, 0.3) is 0 Å². The summed E-state index contributed by atoms with van der Waals surface area (Å²) in [6, 6.07) is 0. The smallest absolute Gasteiger partial charge is 0.330 e. The summed E-state index contributed by atoms with van der Waals surface area (Å²) >= 11 is 0. The average molecular weight is 332 g/mol. The van der Waals surface area contributed by atoms with Gasteiger partial charge in [0.1, 0.15) is 18.6 Å². The van der Waals surface area contributed by atoms with E-state index in [-0.39, 0.29) is 43.1 Å². The van der Waals surface area contributed by atoms with Gasteiger partial charge in [-0.3, -0.25) is 4.79 Å². The van der Waals surface area contributed by atoms with Crippen molar-refractivity contribution in [2.75, 3.05) is 13.2 Å². The van der Waals surface area contributed by atoms with Crippen molar-refractivity contribution in [1.29, 1.82) is 0 Å². The van der Waals surface area contributed by atoms with Crippen LogP contribution in [0.4, 0.5) is 0 Å². The lowest BCUT2D eigenvalue weighted by Gasteiger charge is -2.69. The predicted octanol–water partition coefficient (Wildman–Crippen LogP) is 0.743. The Morgan fingerprint density at radius 1 is 1.25 bits per heavy atom. The Kier molecular flexibility index (Phi) is 2.62. The molecular formula is C18H20O6. The summed E-state index contributed by atoms with van der Waals surface area (Å²) in [7, 11) is 0. The zero-order chi connectivity index (χ0) is 16.9. The van der Waals surface area contributed by atoms with E-state index >= 15 is 0 Å². The molecule has 0 unspecified atom stereocenters. The van der Waals surface area contributed by atoms with Crippen LogP contribution in [0.3, 0.4) is 0 Å². The normalized spacial score (nSPS) is 51.7. The van der Waals surface area contributed by atoms with Crippen LogP contribution in [0.2, 0.25) is 0 Å². The molecule has 7 atom stereocenters. The molecule has 6 rings (SSSR count). The number of ether oxygens (including phenoxy) is 3. The number of esters is 2. The quantitative estimate of drug-likeness (QED) is 0.520. The van der Waals surface area contributed by atoms with Gasteiger partial charge in [-0.2, -0.15) is 0 Å². The Hall–Kier alpha value is -1.66. The fourth-order valence-corrected chi connectivity index (χ4v) is 5.98. The topological polar surface area (TPSA) is 82.1 Å². The number of carbonyl (C=O) groups is 2. The number of aliphatic hydroxyl groups is 1. The van der Waals surface area contributed by atoms with Gasteiger partial charge in [-0.05, 0) is 36.5 Å². The molecule has 1 N–H and O–H groups in total. The van der Waals surface area contributed by atoms with Crippen molar-refractivity contribution in [1.82, 2.24) is 0 Å². The molecule has 0 aromatic heterocycles. The SMILES string of the molecule is C[C@@H]1O[C@H]2[C@@]34COC(=O)C=C3C[C@H](C)[C@@]23C(=O)OCC=C3[C@@H]1[C@@H]4O. The molecule has 2 spiro atoms. The minimum Gasteiger partial charge on any atom is -0.461 e. The highest BCUT2D eigenvalue weighted by molar-refractivity contribution is 5.88. The minimum atomic E-state index is -0.879. The Balaban J connectivity index is 1.81. The molecule has 2 aliphatic carbocycles. The first-order valence-electron chi connectivity index (χ1n) is 8.53. The molecule has 4 fully saturated rings. The van der Waals surface area contributed by atoms with Crippen molar-refractivity contribution < 1.29 is 28.9 Å². The van der Waals surface area contributed by atoms with Crippen molar-refractivity contribution >= 4 is 11.9 Å². The molecule has 2 saturated carbocycles. The maximum atomic E-state index is 13.0. The molecule has 24 heavy (non-hydrogen) atoms. The van der Waals surface area contributed by atoms with Gasteiger partial charge in [0.05, 0.1) is 23.7 Å². The molecule has 0 radical (unpaired) electrons. The Morgan fingerprint density at radius 2 is 2.04 bits per heavy atom. The van der Waals surface area contributed by atoms with Crippen LogP contribution in [0.5, 0.6) is 0 Å². The van der Waals surface area contributed by atoms with Crippen LogP contribution in [-0.2, 0) is 23.8 Å². The zero-order valence-electron chi connectivity index (χ0n) is 13.7. The standard InChI is InChI=1S/C18H20O6/c1-8-5-10-6-12(19)23-7-17(10)14(20)13-9(2)24-15(17)18(8)11(13)3-4-22-16(18)21/h3,6,8-9,13-15,20H,4-5,7H2,1-2H3/t8-,9-,13+,14-,15-,17-,18-/m0/s1. The summed E-state index contributed by atoms with van der Waals surface area (Å²) in [5.41, 5.74) is 0.0916. The third-order valence-corrected chi connectivity index (χ3v) is 6.94. The van der Waals surface area contributed by atoms with E-state index < -0.39 is 23.0 Å². The van der Waals surface area contributed by atoms with Gasteiger partial charge in [0, 0.05) is 12.0 Å². The molecule has 6 aliphatic rings. The first-order chi connectivity index (χ1) is 11.4. The summed E-state index contributed by atoms with van der Waals surface area (Å²) < 4.78 is 17.0. The molecule has 6 heteroatoms. The van der Waals surface area contributed by atoms with Crippen LogP contribution >= 0.6 is 0 Å². The highest BCUT2D eigenvalue weighted by Crippen LogP contribution is 2.70. The Morgan fingerprint density at radius 3 is 2.83 bits per heavy atom. The number of hydrogen-bond acceptors (Lipinski definition) is 6. The van der Waals surface area contributed by atoms with E-state index in [9.17, 15) is 14.7 Å². The van der Waals surface area contributed by atoms with E-state index in [0.717, 1.165) is 11.1 Å². The van der Waals surface area contributed by atoms with Crippen LogP contribution in [0.15, 0.2) is 23.3 Å². The average Bonchev–Trinajstić information content (AvgIpc) is 2.53. The largest absolute Gasteiger partial charge is 0.461 e. The molecule has 4 aliphatic heterocycles. The fourth-order valence-electron chi connectivity index (χ4n) is 5.98. The molecule has 0 aromatic rings. The van der Waals surface area contributed by atoms with Crippen molar-refractivity contribution in [2.24, 2.45) is 22.7 Å². The molecule has 4 bridgehead atoms. The molecular weight excluding hydrogens is 312 g/mol. The van der Waals surface area contributed by atoms with Gasteiger partial charge in [-0.1, -0.05) is 6.92 Å². The Labute approximate surface area is 139 Å². The van der Waals surface area contributed by atoms with Crippen LogP contribution in [0.1, 0.15) is 20.3 Å². The van der Waals surface area contributed by atoms with Crippen molar-refractivity contribution in [3.63, 3.8) is 0 Å². The third kappa shape index (κ3) is 1.31. The number of carbonyl (C=O) groups excluding carboxylic acids is 2. The number of aliphatic hydroxyl groups excluding tert-OH is 1. The monoisotopic (exact) mass is 332 g/mol. The van der Waals surface area contributed by atoms with E-state index in [4.69, 9.17) is 14.2 Å². The van der Waals surface area contributed by atoms with Crippen LogP contribution in [0, 0.1) is 22.7 Å². The summed E-state index contributed by atoms with van der Waals surface area (Å²) in [5, 5.41) is 11.3. The van der Waals surface area contributed by atoms with E-state index in [1.54, 1.807) is 0 Å². The number of rotatable bonds is 0. The second kappa shape index (κ2) is 4.29. The first-order valence-corrected chi connectivity index (χ1v) is 8.53. The van der Waals surface area contributed by atoms with E-state index in [0.29, 0.717) is 6.42 Å².